The molecule has 1 aromatic rings. The molecule has 3 fully saturated rings. The zero-order valence-electron chi connectivity index (χ0n) is 16.3. The summed E-state index contributed by atoms with van der Waals surface area (Å²) in [6.07, 6.45) is -2.39. The standard InChI is InChI=1S/C20H29NO7/c1-20(2)27-17-16-15(25-19(17)28-20)14(12-21(8-10-22)9-11-23)24-18(26-16)13-6-4-3-5-7-13/h3-7,14-19,22-23H,8-12H2,1-2H3/t14-,15+,16+,17+,18-,19+/m0/s1. The van der Waals surface area contributed by atoms with Crippen LogP contribution in [0.25, 0.3) is 0 Å². The van der Waals surface area contributed by atoms with E-state index in [0.29, 0.717) is 19.6 Å². The van der Waals surface area contributed by atoms with Crippen molar-refractivity contribution in [2.45, 2.75) is 56.6 Å². The quantitative estimate of drug-likeness (QED) is 0.695. The van der Waals surface area contributed by atoms with Crippen molar-refractivity contribution in [2.24, 2.45) is 0 Å². The molecule has 3 saturated heterocycles. The third kappa shape index (κ3) is 4.10. The summed E-state index contributed by atoms with van der Waals surface area (Å²) < 4.78 is 30.6. The molecule has 1 aromatic carbocycles. The maximum absolute atomic E-state index is 9.34. The minimum atomic E-state index is -0.723. The maximum Gasteiger partial charge on any atom is 0.190 e. The fourth-order valence-corrected chi connectivity index (χ4v) is 4.12. The molecule has 0 unspecified atom stereocenters. The van der Waals surface area contributed by atoms with Gasteiger partial charge in [-0.1, -0.05) is 30.3 Å². The van der Waals surface area contributed by atoms with Crippen LogP contribution in [0.1, 0.15) is 25.7 Å². The van der Waals surface area contributed by atoms with Crippen molar-refractivity contribution >= 4 is 0 Å². The largest absolute Gasteiger partial charge is 0.395 e. The van der Waals surface area contributed by atoms with E-state index in [1.165, 1.54) is 0 Å². The maximum atomic E-state index is 9.34. The van der Waals surface area contributed by atoms with E-state index in [0.717, 1.165) is 5.56 Å². The van der Waals surface area contributed by atoms with E-state index in [-0.39, 0.29) is 37.6 Å². The predicted molar refractivity (Wildman–Crippen MR) is 98.2 cm³/mol. The van der Waals surface area contributed by atoms with Crippen LogP contribution in [0.5, 0.6) is 0 Å². The van der Waals surface area contributed by atoms with Gasteiger partial charge in [-0.25, -0.2) is 0 Å². The highest BCUT2D eigenvalue weighted by Gasteiger charge is 2.60. The predicted octanol–water partition coefficient (Wildman–Crippen LogP) is 0.632. The van der Waals surface area contributed by atoms with Crippen molar-refractivity contribution in [2.75, 3.05) is 32.8 Å². The van der Waals surface area contributed by atoms with Gasteiger partial charge in [0.25, 0.3) is 0 Å². The summed E-state index contributed by atoms with van der Waals surface area (Å²) in [5, 5.41) is 18.7. The van der Waals surface area contributed by atoms with Crippen LogP contribution in [-0.2, 0) is 23.7 Å². The molecule has 0 radical (unpaired) electrons. The molecule has 3 aliphatic rings. The lowest BCUT2D eigenvalue weighted by atomic mass is 10.0. The van der Waals surface area contributed by atoms with Gasteiger partial charge in [-0.15, -0.1) is 0 Å². The van der Waals surface area contributed by atoms with E-state index in [1.807, 2.05) is 49.1 Å². The highest BCUT2D eigenvalue weighted by Crippen LogP contribution is 2.45. The molecule has 2 N–H and O–H groups in total. The number of aliphatic hydroxyl groups is 2. The monoisotopic (exact) mass is 395 g/mol. The summed E-state index contributed by atoms with van der Waals surface area (Å²) >= 11 is 0. The zero-order valence-corrected chi connectivity index (χ0v) is 16.3. The molecule has 0 bridgehead atoms. The molecule has 0 amide bonds. The van der Waals surface area contributed by atoms with Crippen molar-refractivity contribution in [1.29, 1.82) is 0 Å². The van der Waals surface area contributed by atoms with Gasteiger partial charge in [-0.05, 0) is 13.8 Å². The number of hydrogen-bond acceptors (Lipinski definition) is 8. The van der Waals surface area contributed by atoms with Crippen LogP contribution in [0.15, 0.2) is 30.3 Å². The van der Waals surface area contributed by atoms with E-state index in [4.69, 9.17) is 23.7 Å². The Kier molecular flexibility index (Phi) is 6.01. The van der Waals surface area contributed by atoms with E-state index in [1.54, 1.807) is 0 Å². The molecule has 8 nitrogen and oxygen atoms in total. The normalized spacial score (nSPS) is 36.5. The summed E-state index contributed by atoms with van der Waals surface area (Å²) in [5.41, 5.74) is 0.920. The molecule has 0 saturated carbocycles. The molecular weight excluding hydrogens is 366 g/mol. The van der Waals surface area contributed by atoms with Gasteiger partial charge in [0.2, 0.25) is 0 Å². The summed E-state index contributed by atoms with van der Waals surface area (Å²) in [4.78, 5) is 1.96. The first-order chi connectivity index (χ1) is 13.5. The molecule has 156 valence electrons. The van der Waals surface area contributed by atoms with Crippen LogP contribution in [0.2, 0.25) is 0 Å². The Morgan fingerprint density at radius 3 is 2.29 bits per heavy atom. The lowest BCUT2D eigenvalue weighted by Crippen LogP contribution is -2.53. The Morgan fingerprint density at radius 2 is 1.61 bits per heavy atom. The average molecular weight is 395 g/mol. The molecule has 3 aliphatic heterocycles. The average Bonchev–Trinajstić information content (AvgIpc) is 3.15. The summed E-state index contributed by atoms with van der Waals surface area (Å²) in [7, 11) is 0. The SMILES string of the molecule is CC1(C)O[C@H]2O[C@H]3[C@@H](O[C@@H](c4ccccc4)O[C@H]3CN(CCO)CCO)[C@H]2O1. The number of hydrogen-bond donors (Lipinski definition) is 2. The summed E-state index contributed by atoms with van der Waals surface area (Å²) in [6, 6.07) is 9.76. The third-order valence-corrected chi connectivity index (χ3v) is 5.31. The first kappa shape index (κ1) is 20.2. The van der Waals surface area contributed by atoms with Gasteiger partial charge in [0.05, 0.1) is 13.2 Å². The van der Waals surface area contributed by atoms with E-state index in [2.05, 4.69) is 0 Å². The summed E-state index contributed by atoms with van der Waals surface area (Å²) in [6.45, 7) is 5.12. The fraction of sp³-hybridized carbons (Fsp3) is 0.700. The first-order valence-electron chi connectivity index (χ1n) is 9.82. The van der Waals surface area contributed by atoms with Crippen LogP contribution < -0.4 is 0 Å². The number of fused-ring (bicyclic) bond motifs is 3. The van der Waals surface area contributed by atoms with Gasteiger partial charge in [0.1, 0.15) is 24.4 Å². The van der Waals surface area contributed by atoms with E-state index in [9.17, 15) is 10.2 Å². The lowest BCUT2D eigenvalue weighted by molar-refractivity contribution is -0.311. The van der Waals surface area contributed by atoms with Crippen LogP contribution in [-0.4, -0.2) is 84.5 Å². The van der Waals surface area contributed by atoms with Crippen molar-refractivity contribution in [1.82, 2.24) is 4.90 Å². The van der Waals surface area contributed by atoms with Crippen molar-refractivity contribution < 1.29 is 33.9 Å². The number of aliphatic hydroxyl groups excluding tert-OH is 2. The van der Waals surface area contributed by atoms with Gasteiger partial charge < -0.3 is 33.9 Å². The second-order valence-electron chi connectivity index (χ2n) is 7.83. The number of rotatable bonds is 7. The third-order valence-electron chi connectivity index (χ3n) is 5.31. The van der Waals surface area contributed by atoms with Gasteiger partial charge in [-0.2, -0.15) is 0 Å². The van der Waals surface area contributed by atoms with Crippen LogP contribution in [0, 0.1) is 0 Å². The first-order valence-corrected chi connectivity index (χ1v) is 9.82. The number of ether oxygens (including phenoxy) is 5. The Labute approximate surface area is 164 Å². The van der Waals surface area contributed by atoms with Gasteiger partial charge >= 0.3 is 0 Å². The molecule has 28 heavy (non-hydrogen) atoms. The van der Waals surface area contributed by atoms with Crippen LogP contribution in [0.4, 0.5) is 0 Å². The fourth-order valence-electron chi connectivity index (χ4n) is 4.12. The second-order valence-corrected chi connectivity index (χ2v) is 7.83. The molecule has 0 aliphatic carbocycles. The van der Waals surface area contributed by atoms with Crippen molar-refractivity contribution in [3.8, 4) is 0 Å². The molecule has 0 aromatic heterocycles. The zero-order chi connectivity index (χ0) is 19.7. The highest BCUT2D eigenvalue weighted by atomic mass is 16.9. The van der Waals surface area contributed by atoms with Gasteiger partial charge in [-0.3, -0.25) is 4.90 Å². The Balaban J connectivity index is 1.56. The molecule has 8 heteroatoms. The number of benzene rings is 1. The molecule has 0 spiro atoms. The van der Waals surface area contributed by atoms with Crippen molar-refractivity contribution in [3.63, 3.8) is 0 Å². The van der Waals surface area contributed by atoms with Crippen molar-refractivity contribution in [3.05, 3.63) is 35.9 Å². The topological polar surface area (TPSA) is 89.9 Å². The number of nitrogens with zero attached hydrogens (tertiary/aromatic N) is 1. The molecular formula is C20H29NO7. The molecule has 3 heterocycles. The van der Waals surface area contributed by atoms with E-state index < -0.39 is 18.4 Å². The minimum Gasteiger partial charge on any atom is -0.395 e. The highest BCUT2D eigenvalue weighted by molar-refractivity contribution is 5.17. The lowest BCUT2D eigenvalue weighted by Gasteiger charge is -2.41. The Hall–Kier alpha value is -1.10. The van der Waals surface area contributed by atoms with Crippen LogP contribution >= 0.6 is 0 Å². The Bertz CT molecular complexity index is 637. The molecule has 4 rings (SSSR count). The van der Waals surface area contributed by atoms with Gasteiger partial charge in [0.15, 0.2) is 18.4 Å². The smallest absolute Gasteiger partial charge is 0.190 e. The van der Waals surface area contributed by atoms with Gasteiger partial charge in [0, 0.05) is 25.2 Å². The van der Waals surface area contributed by atoms with E-state index >= 15 is 0 Å². The minimum absolute atomic E-state index is 0.00590. The Morgan fingerprint density at radius 1 is 0.893 bits per heavy atom. The van der Waals surface area contributed by atoms with Crippen LogP contribution in [0.3, 0.4) is 0 Å². The molecule has 6 atom stereocenters. The second kappa shape index (κ2) is 8.33. The summed E-state index contributed by atoms with van der Waals surface area (Å²) in [5.74, 6) is -0.723.